The summed E-state index contributed by atoms with van der Waals surface area (Å²) in [6, 6.07) is 2.09. The van der Waals surface area contributed by atoms with Crippen molar-refractivity contribution in [2.24, 2.45) is 0 Å². The van der Waals surface area contributed by atoms with Crippen molar-refractivity contribution >= 4 is 17.1 Å². The number of fused-ring (bicyclic) bond motifs is 1. The van der Waals surface area contributed by atoms with E-state index < -0.39 is 0 Å². The number of hydrogen-bond acceptors (Lipinski definition) is 3. The fourth-order valence-electron chi connectivity index (χ4n) is 2.12. The second-order valence-corrected chi connectivity index (χ2v) is 6.04. The number of ketones is 1. The van der Waals surface area contributed by atoms with E-state index >= 15 is 0 Å². The van der Waals surface area contributed by atoms with Crippen molar-refractivity contribution in [3.8, 4) is 0 Å². The summed E-state index contributed by atoms with van der Waals surface area (Å²) in [5, 5.41) is 0. The van der Waals surface area contributed by atoms with Crippen molar-refractivity contribution in [2.45, 2.75) is 52.1 Å². The van der Waals surface area contributed by atoms with E-state index in [1.165, 1.54) is 29.7 Å². The summed E-state index contributed by atoms with van der Waals surface area (Å²) >= 11 is 1.68. The van der Waals surface area contributed by atoms with Crippen LogP contribution in [0.25, 0.3) is 0 Å². The summed E-state index contributed by atoms with van der Waals surface area (Å²) in [6.07, 6.45) is 6.27. The lowest BCUT2D eigenvalue weighted by atomic mass is 10.1. The molecule has 0 spiro atoms. The van der Waals surface area contributed by atoms with Gasteiger partial charge in [-0.3, -0.25) is 4.79 Å². The van der Waals surface area contributed by atoms with Crippen LogP contribution in [0.4, 0.5) is 0 Å². The third-order valence-corrected chi connectivity index (χ3v) is 4.35. The lowest BCUT2D eigenvalue weighted by molar-refractivity contribution is 0.0588. The van der Waals surface area contributed by atoms with Crippen molar-refractivity contribution < 1.29 is 9.53 Å². The van der Waals surface area contributed by atoms with Gasteiger partial charge < -0.3 is 4.74 Å². The van der Waals surface area contributed by atoms with Crippen molar-refractivity contribution in [3.05, 3.63) is 21.4 Å². The van der Waals surface area contributed by atoms with Crippen LogP contribution < -0.4 is 0 Å². The lowest BCUT2D eigenvalue weighted by Gasteiger charge is -2.04. The Balaban J connectivity index is 2.04. The molecule has 1 aromatic rings. The standard InChI is InChI=1S/C14H20O2S/c1-10(2)16-9-12(15)14-8-11-6-4-3-5-7-13(11)17-14/h8,10H,3-7,9H2,1-2H3. The Labute approximate surface area is 107 Å². The molecule has 2 rings (SSSR count). The van der Waals surface area contributed by atoms with Crippen molar-refractivity contribution in [1.82, 2.24) is 0 Å². The van der Waals surface area contributed by atoms with Gasteiger partial charge in [0.15, 0.2) is 5.78 Å². The molecule has 0 aromatic carbocycles. The molecule has 0 saturated heterocycles. The number of rotatable bonds is 4. The summed E-state index contributed by atoms with van der Waals surface area (Å²) in [6.45, 7) is 4.13. The van der Waals surface area contributed by atoms with Gasteiger partial charge in [-0.1, -0.05) is 6.42 Å². The van der Waals surface area contributed by atoms with Crippen LogP contribution in [0.15, 0.2) is 6.07 Å². The van der Waals surface area contributed by atoms with E-state index in [1.54, 1.807) is 11.3 Å². The Morgan fingerprint density at radius 3 is 2.88 bits per heavy atom. The van der Waals surface area contributed by atoms with E-state index in [-0.39, 0.29) is 18.5 Å². The van der Waals surface area contributed by atoms with Gasteiger partial charge in [-0.25, -0.2) is 0 Å². The minimum absolute atomic E-state index is 0.122. The van der Waals surface area contributed by atoms with Crippen LogP contribution in [0.5, 0.6) is 0 Å². The maximum absolute atomic E-state index is 11.9. The summed E-state index contributed by atoms with van der Waals surface area (Å²) in [5.74, 6) is 0.136. The molecule has 0 atom stereocenters. The van der Waals surface area contributed by atoms with E-state index in [0.29, 0.717) is 0 Å². The van der Waals surface area contributed by atoms with Gasteiger partial charge in [0, 0.05) is 4.88 Å². The van der Waals surface area contributed by atoms with Gasteiger partial charge in [0.25, 0.3) is 0 Å². The van der Waals surface area contributed by atoms with E-state index in [0.717, 1.165) is 17.7 Å². The molecule has 1 heterocycles. The predicted octanol–water partition coefficient (Wildman–Crippen LogP) is 3.62. The fourth-order valence-corrected chi connectivity index (χ4v) is 3.30. The van der Waals surface area contributed by atoms with Crippen LogP contribution in [0.1, 0.15) is 53.2 Å². The average molecular weight is 252 g/mol. The molecule has 0 aliphatic heterocycles. The minimum atomic E-state index is 0.122. The average Bonchev–Trinajstić information content (AvgIpc) is 2.58. The first-order chi connectivity index (χ1) is 8.16. The molecule has 2 nitrogen and oxygen atoms in total. The highest BCUT2D eigenvalue weighted by molar-refractivity contribution is 7.14. The van der Waals surface area contributed by atoms with Gasteiger partial charge in [0.2, 0.25) is 0 Å². The quantitative estimate of drug-likeness (QED) is 0.604. The summed E-state index contributed by atoms with van der Waals surface area (Å²) in [5.41, 5.74) is 1.40. The van der Waals surface area contributed by atoms with Crippen LogP contribution in [-0.2, 0) is 17.6 Å². The molecular formula is C14H20O2S. The zero-order valence-electron chi connectivity index (χ0n) is 10.6. The second kappa shape index (κ2) is 5.78. The van der Waals surface area contributed by atoms with E-state index in [4.69, 9.17) is 4.74 Å². The highest BCUT2D eigenvalue weighted by Crippen LogP contribution is 2.29. The third kappa shape index (κ3) is 3.39. The molecule has 0 radical (unpaired) electrons. The highest BCUT2D eigenvalue weighted by Gasteiger charge is 2.16. The van der Waals surface area contributed by atoms with Crippen molar-refractivity contribution in [1.29, 1.82) is 0 Å². The highest BCUT2D eigenvalue weighted by atomic mass is 32.1. The molecule has 0 N–H and O–H groups in total. The molecule has 0 saturated carbocycles. The molecule has 94 valence electrons. The number of carbonyl (C=O) groups is 1. The SMILES string of the molecule is CC(C)OCC(=O)c1cc2c(s1)CCCCC2. The van der Waals surface area contributed by atoms with Gasteiger partial charge in [-0.2, -0.15) is 0 Å². The summed E-state index contributed by atoms with van der Waals surface area (Å²) in [4.78, 5) is 14.3. The maximum atomic E-state index is 11.9. The molecular weight excluding hydrogens is 232 g/mol. The minimum Gasteiger partial charge on any atom is -0.371 e. The molecule has 1 aliphatic rings. The first kappa shape index (κ1) is 12.8. The van der Waals surface area contributed by atoms with Gasteiger partial charge >= 0.3 is 0 Å². The second-order valence-electron chi connectivity index (χ2n) is 4.90. The topological polar surface area (TPSA) is 26.3 Å². The first-order valence-corrected chi connectivity index (χ1v) is 7.25. The molecule has 0 bridgehead atoms. The third-order valence-electron chi connectivity index (χ3n) is 3.07. The summed E-state index contributed by atoms with van der Waals surface area (Å²) < 4.78 is 5.37. The van der Waals surface area contributed by atoms with Crippen LogP contribution in [0, 0.1) is 0 Å². The number of ether oxygens (including phenoxy) is 1. The number of thiophene rings is 1. The number of hydrogen-bond donors (Lipinski definition) is 0. The number of Topliss-reactive ketones (excluding diaryl/α,β-unsaturated/α-hetero) is 1. The largest absolute Gasteiger partial charge is 0.371 e. The summed E-state index contributed by atoms with van der Waals surface area (Å²) in [7, 11) is 0. The Kier molecular flexibility index (Phi) is 4.35. The van der Waals surface area contributed by atoms with Crippen LogP contribution >= 0.6 is 11.3 Å². The monoisotopic (exact) mass is 252 g/mol. The Morgan fingerprint density at radius 1 is 1.35 bits per heavy atom. The molecule has 17 heavy (non-hydrogen) atoms. The fraction of sp³-hybridized carbons (Fsp3) is 0.643. The van der Waals surface area contributed by atoms with Gasteiger partial charge in [-0.05, 0) is 51.2 Å². The van der Waals surface area contributed by atoms with Crippen LogP contribution in [-0.4, -0.2) is 18.5 Å². The van der Waals surface area contributed by atoms with Crippen molar-refractivity contribution in [3.63, 3.8) is 0 Å². The van der Waals surface area contributed by atoms with E-state index in [1.807, 2.05) is 13.8 Å². The lowest BCUT2D eigenvalue weighted by Crippen LogP contribution is -2.12. The smallest absolute Gasteiger partial charge is 0.198 e. The van der Waals surface area contributed by atoms with Gasteiger partial charge in [0.1, 0.15) is 6.61 Å². The Hall–Kier alpha value is -0.670. The molecule has 3 heteroatoms. The van der Waals surface area contributed by atoms with Crippen LogP contribution in [0.2, 0.25) is 0 Å². The molecule has 1 aromatic heterocycles. The van der Waals surface area contributed by atoms with Gasteiger partial charge in [0.05, 0.1) is 11.0 Å². The van der Waals surface area contributed by atoms with Gasteiger partial charge in [-0.15, -0.1) is 11.3 Å². The van der Waals surface area contributed by atoms with E-state index in [9.17, 15) is 4.79 Å². The number of aryl methyl sites for hydroxylation is 2. The predicted molar refractivity (Wildman–Crippen MR) is 71.0 cm³/mol. The molecule has 0 amide bonds. The van der Waals surface area contributed by atoms with Crippen LogP contribution in [0.3, 0.4) is 0 Å². The number of carbonyl (C=O) groups excluding carboxylic acids is 1. The Bertz CT molecular complexity index is 369. The molecule has 0 unspecified atom stereocenters. The molecule has 1 aliphatic carbocycles. The maximum Gasteiger partial charge on any atom is 0.198 e. The molecule has 0 fully saturated rings. The normalized spacial score (nSPS) is 15.7. The van der Waals surface area contributed by atoms with E-state index in [2.05, 4.69) is 6.07 Å². The Morgan fingerprint density at radius 2 is 2.12 bits per heavy atom. The zero-order valence-corrected chi connectivity index (χ0v) is 11.4. The zero-order chi connectivity index (χ0) is 12.3. The first-order valence-electron chi connectivity index (χ1n) is 6.43. The van der Waals surface area contributed by atoms with Crippen molar-refractivity contribution in [2.75, 3.05) is 6.61 Å².